The average molecular weight is 228 g/mol. The van der Waals surface area contributed by atoms with E-state index in [9.17, 15) is 10.1 Å². The van der Waals surface area contributed by atoms with Gasteiger partial charge < -0.3 is 5.73 Å². The Bertz CT molecular complexity index is 418. The van der Waals surface area contributed by atoms with Crippen LogP contribution in [0.15, 0.2) is 12.1 Å². The first-order valence-electron chi connectivity index (χ1n) is 4.24. The maximum Gasteiger partial charge on any atom is 0.307 e. The molecule has 0 aromatic carbocycles. The van der Waals surface area contributed by atoms with Crippen LogP contribution in [-0.4, -0.2) is 16.5 Å². The van der Waals surface area contributed by atoms with E-state index in [2.05, 4.69) is 4.98 Å². The molecule has 1 heterocycles. The molecule has 2 N–H and O–H groups in total. The molecule has 80 valence electrons. The standard InChI is InChI=1S/C9H10ClN3O2/c1-6-7(3-2-4-11)5-8(13(14)15)9(10)12-6/h2-3,5H,4,11H2,1H3. The zero-order chi connectivity index (χ0) is 11.4. The maximum absolute atomic E-state index is 10.6. The molecule has 0 unspecified atom stereocenters. The number of hydrogen-bond donors (Lipinski definition) is 1. The Hall–Kier alpha value is -1.46. The number of rotatable bonds is 3. The Balaban J connectivity index is 3.23. The number of nitrogens with zero attached hydrogens (tertiary/aromatic N) is 2. The van der Waals surface area contributed by atoms with Crippen molar-refractivity contribution in [2.75, 3.05) is 6.54 Å². The lowest BCUT2D eigenvalue weighted by Gasteiger charge is -2.01. The monoisotopic (exact) mass is 227 g/mol. The van der Waals surface area contributed by atoms with E-state index in [4.69, 9.17) is 17.3 Å². The number of hydrogen-bond acceptors (Lipinski definition) is 4. The summed E-state index contributed by atoms with van der Waals surface area (Å²) >= 11 is 5.63. The van der Waals surface area contributed by atoms with Gasteiger partial charge in [-0.15, -0.1) is 0 Å². The number of pyridine rings is 1. The van der Waals surface area contributed by atoms with Crippen LogP contribution in [0.25, 0.3) is 6.08 Å². The topological polar surface area (TPSA) is 82.0 Å². The summed E-state index contributed by atoms with van der Waals surface area (Å²) in [6.45, 7) is 2.10. The summed E-state index contributed by atoms with van der Waals surface area (Å²) in [5.41, 5.74) is 6.38. The molecule has 0 aliphatic carbocycles. The molecule has 0 spiro atoms. The number of aromatic nitrogens is 1. The molecular weight excluding hydrogens is 218 g/mol. The largest absolute Gasteiger partial charge is 0.327 e. The third-order valence-corrected chi connectivity index (χ3v) is 2.10. The SMILES string of the molecule is Cc1nc(Cl)c([N+](=O)[O-])cc1C=CCN. The van der Waals surface area contributed by atoms with Gasteiger partial charge in [0.25, 0.3) is 0 Å². The quantitative estimate of drug-likeness (QED) is 0.486. The molecule has 1 aromatic heterocycles. The number of nitro groups is 1. The van der Waals surface area contributed by atoms with Gasteiger partial charge in [-0.25, -0.2) is 4.98 Å². The van der Waals surface area contributed by atoms with E-state index in [1.165, 1.54) is 6.07 Å². The predicted octanol–water partition coefficient (Wildman–Crippen LogP) is 1.92. The highest BCUT2D eigenvalue weighted by atomic mass is 35.5. The van der Waals surface area contributed by atoms with E-state index in [1.807, 2.05) is 0 Å². The maximum atomic E-state index is 10.6. The zero-order valence-electron chi connectivity index (χ0n) is 8.11. The molecular formula is C9H10ClN3O2. The Morgan fingerprint density at radius 1 is 1.73 bits per heavy atom. The second-order valence-electron chi connectivity index (χ2n) is 2.87. The lowest BCUT2D eigenvalue weighted by Crippen LogP contribution is -1.96. The fourth-order valence-corrected chi connectivity index (χ4v) is 1.32. The highest BCUT2D eigenvalue weighted by Gasteiger charge is 2.15. The van der Waals surface area contributed by atoms with E-state index in [0.717, 1.165) is 0 Å². The van der Waals surface area contributed by atoms with Gasteiger partial charge in [-0.3, -0.25) is 10.1 Å². The van der Waals surface area contributed by atoms with Crippen LogP contribution in [-0.2, 0) is 0 Å². The Morgan fingerprint density at radius 2 is 2.40 bits per heavy atom. The summed E-state index contributed by atoms with van der Waals surface area (Å²) in [6, 6.07) is 1.39. The molecule has 6 heteroatoms. The van der Waals surface area contributed by atoms with Crippen molar-refractivity contribution in [3.05, 3.63) is 38.7 Å². The van der Waals surface area contributed by atoms with Crippen molar-refractivity contribution in [3.8, 4) is 0 Å². The van der Waals surface area contributed by atoms with Gasteiger partial charge in [-0.2, -0.15) is 0 Å². The van der Waals surface area contributed by atoms with Crippen molar-refractivity contribution >= 4 is 23.4 Å². The van der Waals surface area contributed by atoms with Gasteiger partial charge in [0, 0.05) is 23.9 Å². The third-order valence-electron chi connectivity index (χ3n) is 1.82. The molecule has 0 fully saturated rings. The number of halogens is 1. The van der Waals surface area contributed by atoms with Gasteiger partial charge >= 0.3 is 5.69 Å². The molecule has 1 aromatic rings. The van der Waals surface area contributed by atoms with Crippen molar-refractivity contribution in [3.63, 3.8) is 0 Å². The molecule has 5 nitrogen and oxygen atoms in total. The van der Waals surface area contributed by atoms with Crippen LogP contribution in [0.5, 0.6) is 0 Å². The van der Waals surface area contributed by atoms with Gasteiger partial charge in [0.15, 0.2) is 0 Å². The van der Waals surface area contributed by atoms with E-state index in [0.29, 0.717) is 17.8 Å². The second kappa shape index (κ2) is 4.86. The van der Waals surface area contributed by atoms with Gasteiger partial charge in [0.1, 0.15) is 0 Å². The minimum absolute atomic E-state index is 0.0950. The van der Waals surface area contributed by atoms with Crippen LogP contribution in [0.1, 0.15) is 11.3 Å². The lowest BCUT2D eigenvalue weighted by molar-refractivity contribution is -0.385. The number of nitrogens with two attached hydrogens (primary N) is 1. The van der Waals surface area contributed by atoms with Crippen LogP contribution in [0, 0.1) is 17.0 Å². The Kier molecular flexibility index (Phi) is 3.76. The third kappa shape index (κ3) is 2.74. The molecule has 0 bridgehead atoms. The van der Waals surface area contributed by atoms with Crippen molar-refractivity contribution in [2.45, 2.75) is 6.92 Å². The van der Waals surface area contributed by atoms with Crippen molar-refractivity contribution < 1.29 is 4.92 Å². The minimum Gasteiger partial charge on any atom is -0.327 e. The minimum atomic E-state index is -0.561. The molecule has 0 saturated carbocycles. The fraction of sp³-hybridized carbons (Fsp3) is 0.222. The van der Waals surface area contributed by atoms with Crippen LogP contribution in [0.4, 0.5) is 5.69 Å². The molecule has 0 aliphatic rings. The predicted molar refractivity (Wildman–Crippen MR) is 58.7 cm³/mol. The smallest absolute Gasteiger partial charge is 0.307 e. The molecule has 0 amide bonds. The lowest BCUT2D eigenvalue weighted by atomic mass is 10.2. The zero-order valence-corrected chi connectivity index (χ0v) is 8.86. The van der Waals surface area contributed by atoms with Gasteiger partial charge in [0.05, 0.1) is 4.92 Å². The van der Waals surface area contributed by atoms with Crippen molar-refractivity contribution in [1.82, 2.24) is 4.98 Å². The van der Waals surface area contributed by atoms with Gasteiger partial charge in [-0.1, -0.05) is 23.8 Å². The first kappa shape index (κ1) is 11.6. The first-order chi connectivity index (χ1) is 7.06. The molecule has 0 aliphatic heterocycles. The van der Waals surface area contributed by atoms with Crippen LogP contribution in [0.3, 0.4) is 0 Å². The summed E-state index contributed by atoms with van der Waals surface area (Å²) in [6.07, 6.45) is 3.38. The highest BCUT2D eigenvalue weighted by molar-refractivity contribution is 6.31. The molecule has 0 radical (unpaired) electrons. The summed E-state index contributed by atoms with van der Waals surface area (Å²) in [5, 5.41) is 10.5. The first-order valence-corrected chi connectivity index (χ1v) is 4.62. The summed E-state index contributed by atoms with van der Waals surface area (Å²) in [5.74, 6) is 0. The normalized spacial score (nSPS) is 10.9. The van der Waals surface area contributed by atoms with E-state index < -0.39 is 4.92 Å². The molecule has 0 atom stereocenters. The molecule has 15 heavy (non-hydrogen) atoms. The van der Waals surface area contributed by atoms with Crippen LogP contribution in [0.2, 0.25) is 5.15 Å². The van der Waals surface area contributed by atoms with E-state index >= 15 is 0 Å². The van der Waals surface area contributed by atoms with E-state index in [-0.39, 0.29) is 10.8 Å². The Morgan fingerprint density at radius 3 is 2.93 bits per heavy atom. The van der Waals surface area contributed by atoms with E-state index in [1.54, 1.807) is 19.1 Å². The summed E-state index contributed by atoms with van der Waals surface area (Å²) in [4.78, 5) is 13.9. The highest BCUT2D eigenvalue weighted by Crippen LogP contribution is 2.25. The van der Waals surface area contributed by atoms with Crippen molar-refractivity contribution in [1.29, 1.82) is 0 Å². The molecule has 0 saturated heterocycles. The number of aryl methyl sites for hydroxylation is 1. The Labute approximate surface area is 91.7 Å². The van der Waals surface area contributed by atoms with Gasteiger partial charge in [0.2, 0.25) is 5.15 Å². The van der Waals surface area contributed by atoms with Crippen LogP contribution >= 0.6 is 11.6 Å². The summed E-state index contributed by atoms with van der Waals surface area (Å²) < 4.78 is 0. The molecule has 1 rings (SSSR count). The fourth-order valence-electron chi connectivity index (χ4n) is 1.07. The second-order valence-corrected chi connectivity index (χ2v) is 3.23. The average Bonchev–Trinajstić information content (AvgIpc) is 2.16. The van der Waals surface area contributed by atoms with Crippen LogP contribution < -0.4 is 5.73 Å². The van der Waals surface area contributed by atoms with Gasteiger partial charge in [-0.05, 0) is 6.92 Å². The summed E-state index contributed by atoms with van der Waals surface area (Å²) in [7, 11) is 0. The van der Waals surface area contributed by atoms with Crippen molar-refractivity contribution in [2.24, 2.45) is 5.73 Å².